The molecule has 2 aliphatic rings. The zero-order valence-electron chi connectivity index (χ0n) is 53.5. The van der Waals surface area contributed by atoms with Gasteiger partial charge in [-0.2, -0.15) is 0 Å². The minimum atomic E-state index is -0.474. The van der Waals surface area contributed by atoms with Crippen molar-refractivity contribution in [3.05, 3.63) is 208 Å². The Kier molecular flexibility index (Phi) is 18.7. The van der Waals surface area contributed by atoms with Crippen molar-refractivity contribution in [2.45, 2.75) is 59.7 Å². The molecule has 17 nitrogen and oxygen atoms in total. The first-order valence-corrected chi connectivity index (χ1v) is 31.5. The van der Waals surface area contributed by atoms with Crippen LogP contribution in [0.3, 0.4) is 0 Å². The Bertz CT molecular complexity index is 4480. The van der Waals surface area contributed by atoms with E-state index in [4.69, 9.17) is 32.5 Å². The summed E-state index contributed by atoms with van der Waals surface area (Å²) in [6, 6.07) is 39.0. The van der Waals surface area contributed by atoms with Crippen LogP contribution >= 0.6 is 0 Å². The molecule has 4 aromatic heterocycles. The molecule has 0 aliphatic carbocycles. The summed E-state index contributed by atoms with van der Waals surface area (Å²) >= 11 is 0. The number of phenols is 2. The van der Waals surface area contributed by atoms with E-state index in [1.54, 1.807) is 59.6 Å². The van der Waals surface area contributed by atoms with E-state index in [0.717, 1.165) is 91.3 Å². The van der Waals surface area contributed by atoms with E-state index in [2.05, 4.69) is 80.1 Å². The number of nitrogens with zero attached hydrogens (tertiary/aromatic N) is 6. The molecule has 11 aromatic rings. The fourth-order valence-corrected chi connectivity index (χ4v) is 13.3. The Morgan fingerprint density at radius 3 is 1.53 bits per heavy atom. The van der Waals surface area contributed by atoms with Crippen LogP contribution in [0.15, 0.2) is 155 Å². The van der Waals surface area contributed by atoms with Gasteiger partial charge >= 0.3 is 11.9 Å². The highest BCUT2D eigenvalue weighted by Crippen LogP contribution is 2.50. The Labute approximate surface area is 535 Å². The molecule has 0 saturated carbocycles. The molecule has 0 bridgehead atoms. The highest BCUT2D eigenvalue weighted by Gasteiger charge is 2.37. The van der Waals surface area contributed by atoms with Crippen LogP contribution in [0.4, 0.5) is 0 Å². The SMILES string of the molecule is CCOC(=O)c1c(C)oc2c1c(C(c1ccncc1)N1CCN(C)CC1)c(O)c1cc(OCCc3cccc(OC)c3C)ccc12.CCOC(=O)c1c(C)oc2c1c(C(c1ccncc1)N1CCN(C)CC1)c(O)c1cc(OCc3ccc4ccccc4c3)ccc12. The number of carbonyl (C=O) groups excluding carboxylic acids is 2. The van der Waals surface area contributed by atoms with Gasteiger partial charge in [-0.15, -0.1) is 0 Å². The summed E-state index contributed by atoms with van der Waals surface area (Å²) in [4.78, 5) is 44.7. The zero-order valence-corrected chi connectivity index (χ0v) is 53.5. The summed E-state index contributed by atoms with van der Waals surface area (Å²) in [5.41, 5.74) is 8.20. The van der Waals surface area contributed by atoms with Gasteiger partial charge in [-0.3, -0.25) is 19.8 Å². The van der Waals surface area contributed by atoms with Crippen LogP contribution in [0.2, 0.25) is 0 Å². The molecule has 474 valence electrons. The molecule has 2 atom stereocenters. The number of rotatable bonds is 18. The van der Waals surface area contributed by atoms with Crippen LogP contribution in [-0.2, 0) is 22.5 Å². The van der Waals surface area contributed by atoms with Gasteiger partial charge in [0.1, 0.15) is 69.2 Å². The van der Waals surface area contributed by atoms with Crippen molar-refractivity contribution >= 4 is 66.2 Å². The molecule has 6 heterocycles. The molecular weight excluding hydrogens is 1160 g/mol. The standard InChI is InChI=1S/C38H37N3O5.C37H41N3O6/c1-4-44-38(43)32-24(2)46-37-30-12-11-29(45-23-25-9-10-26-7-5-6-8-28(26)21-25)22-31(30)36(42)34(33(32)37)35(27-13-15-39-16-14-27)41-19-17-40(3)18-20-41;1-6-44-37(42)31-24(3)46-36-28-11-10-27(45-21-14-25-8-7-9-30(43-5)23(25)2)22-29(28)35(41)33(32(31)36)34(26-12-15-38-16-13-26)40-19-17-39(4)18-20-40/h5-16,21-22,35,42H,4,17-20,23H2,1-3H3;7-13,15-16,22,34,41H,6,14,17-21H2,1-5H3. The van der Waals surface area contributed by atoms with Crippen LogP contribution in [0, 0.1) is 20.8 Å². The Morgan fingerprint density at radius 2 is 1.04 bits per heavy atom. The number of aryl methyl sites for hydroxylation is 2. The molecule has 2 unspecified atom stereocenters. The largest absolute Gasteiger partial charge is 0.507 e. The summed E-state index contributed by atoms with van der Waals surface area (Å²) < 4.78 is 41.8. The fourth-order valence-electron chi connectivity index (χ4n) is 13.3. The topological polar surface area (TPSA) is 186 Å². The second kappa shape index (κ2) is 27.5. The molecule has 92 heavy (non-hydrogen) atoms. The molecule has 13 rings (SSSR count). The van der Waals surface area contributed by atoms with Crippen molar-refractivity contribution in [1.29, 1.82) is 0 Å². The number of benzene rings is 7. The summed E-state index contributed by atoms with van der Waals surface area (Å²) in [6.45, 7) is 17.1. The Hall–Kier alpha value is -9.52. The van der Waals surface area contributed by atoms with Crippen molar-refractivity contribution in [2.75, 3.05) is 93.4 Å². The number of methoxy groups -OCH3 is 1. The Balaban J connectivity index is 0.000000177. The Morgan fingerprint density at radius 1 is 0.554 bits per heavy atom. The highest BCUT2D eigenvalue weighted by atomic mass is 16.5. The first kappa shape index (κ1) is 62.7. The van der Waals surface area contributed by atoms with Crippen LogP contribution in [0.25, 0.3) is 54.3 Å². The molecule has 0 spiro atoms. The monoisotopic (exact) mass is 1240 g/mol. The van der Waals surface area contributed by atoms with E-state index in [1.807, 2.05) is 91.9 Å². The third-order valence-electron chi connectivity index (χ3n) is 18.0. The van der Waals surface area contributed by atoms with Gasteiger partial charge in [-0.05, 0) is 160 Å². The average molecular weight is 1240 g/mol. The molecule has 2 fully saturated rings. The maximum absolute atomic E-state index is 13.5. The van der Waals surface area contributed by atoms with E-state index in [9.17, 15) is 19.8 Å². The van der Waals surface area contributed by atoms with Gasteiger partial charge in [0.25, 0.3) is 0 Å². The van der Waals surface area contributed by atoms with Gasteiger partial charge in [-0.25, -0.2) is 9.59 Å². The average Bonchev–Trinajstić information content (AvgIpc) is 1.47. The molecular formula is C75H78N6O11. The first-order valence-electron chi connectivity index (χ1n) is 31.5. The molecule has 17 heteroatoms. The van der Waals surface area contributed by atoms with Gasteiger partial charge in [0.15, 0.2) is 0 Å². The van der Waals surface area contributed by atoms with Crippen LogP contribution in [0.5, 0.6) is 28.7 Å². The number of esters is 2. The second-order valence-corrected chi connectivity index (χ2v) is 23.7. The lowest BCUT2D eigenvalue weighted by molar-refractivity contribution is 0.0516. The van der Waals surface area contributed by atoms with E-state index < -0.39 is 11.9 Å². The summed E-state index contributed by atoms with van der Waals surface area (Å²) in [5.74, 6) is 2.23. The van der Waals surface area contributed by atoms with Crippen LogP contribution < -0.4 is 14.2 Å². The predicted molar refractivity (Wildman–Crippen MR) is 358 cm³/mol. The van der Waals surface area contributed by atoms with Crippen molar-refractivity contribution < 1.29 is 52.3 Å². The first-order chi connectivity index (χ1) is 44.7. The molecule has 0 amide bonds. The maximum atomic E-state index is 13.5. The lowest BCUT2D eigenvalue weighted by Crippen LogP contribution is -2.46. The van der Waals surface area contributed by atoms with E-state index >= 15 is 0 Å². The second-order valence-electron chi connectivity index (χ2n) is 23.7. The maximum Gasteiger partial charge on any atom is 0.342 e. The number of aromatic hydroxyl groups is 2. The predicted octanol–water partition coefficient (Wildman–Crippen LogP) is 13.7. The zero-order chi connectivity index (χ0) is 64.2. The third-order valence-corrected chi connectivity index (χ3v) is 18.0. The van der Waals surface area contributed by atoms with Gasteiger partial charge in [-0.1, -0.05) is 48.5 Å². The molecule has 2 saturated heterocycles. The minimum Gasteiger partial charge on any atom is -0.507 e. The van der Waals surface area contributed by atoms with Gasteiger partial charge in [0.2, 0.25) is 0 Å². The number of hydrogen-bond acceptors (Lipinski definition) is 17. The van der Waals surface area contributed by atoms with Crippen molar-refractivity contribution in [1.82, 2.24) is 29.6 Å². The number of likely N-dealkylation sites (N-methyl/N-ethyl adjacent to an activating group) is 2. The van der Waals surface area contributed by atoms with E-state index in [-0.39, 0.29) is 36.8 Å². The molecule has 2 N–H and O–H groups in total. The highest BCUT2D eigenvalue weighted by molar-refractivity contribution is 6.18. The molecule has 0 radical (unpaired) electrons. The molecule has 2 aliphatic heterocycles. The summed E-state index contributed by atoms with van der Waals surface area (Å²) in [7, 11) is 5.90. The van der Waals surface area contributed by atoms with Gasteiger partial charge < -0.3 is 52.5 Å². The lowest BCUT2D eigenvalue weighted by atomic mass is 9.89. The third kappa shape index (κ3) is 12.5. The van der Waals surface area contributed by atoms with E-state index in [1.165, 1.54) is 5.39 Å². The number of aromatic nitrogens is 2. The quantitative estimate of drug-likeness (QED) is 0.0772. The number of fused-ring (bicyclic) bond motifs is 7. The fraction of sp³-hybridized carbons (Fsp3) is 0.307. The van der Waals surface area contributed by atoms with Gasteiger partial charge in [0.05, 0.1) is 39.0 Å². The van der Waals surface area contributed by atoms with Crippen molar-refractivity contribution in [3.63, 3.8) is 0 Å². The summed E-state index contributed by atoms with van der Waals surface area (Å²) in [6.07, 6.45) is 7.75. The van der Waals surface area contributed by atoms with Crippen molar-refractivity contribution in [3.8, 4) is 28.7 Å². The minimum absolute atomic E-state index is 0.0867. The lowest BCUT2D eigenvalue weighted by Gasteiger charge is -2.39. The van der Waals surface area contributed by atoms with Gasteiger partial charge in [0, 0.05) is 127 Å². The number of carbonyl (C=O) groups is 2. The summed E-state index contributed by atoms with van der Waals surface area (Å²) in [5, 5.41) is 30.7. The van der Waals surface area contributed by atoms with Crippen LogP contribution in [0.1, 0.15) is 97.1 Å². The van der Waals surface area contributed by atoms with Crippen molar-refractivity contribution in [2.24, 2.45) is 0 Å². The number of hydrogen-bond donors (Lipinski definition) is 2. The normalized spacial score (nSPS) is 15.0. The smallest absolute Gasteiger partial charge is 0.342 e. The number of furan rings is 2. The van der Waals surface area contributed by atoms with E-state index in [0.29, 0.717) is 108 Å². The van der Waals surface area contributed by atoms with Crippen LogP contribution in [-0.4, -0.2) is 145 Å². The number of piperazine rings is 2. The molecule has 7 aromatic carbocycles. The number of pyridine rings is 2. The number of ether oxygens (including phenoxy) is 5. The number of phenolic OH excluding ortho intramolecular Hbond substituents is 2.